The van der Waals surface area contributed by atoms with Crippen LogP contribution in [-0.4, -0.2) is 26.2 Å². The van der Waals surface area contributed by atoms with E-state index in [9.17, 15) is 9.59 Å². The topological polar surface area (TPSA) is 60.4 Å². The van der Waals surface area contributed by atoms with Crippen molar-refractivity contribution in [3.63, 3.8) is 0 Å². The summed E-state index contributed by atoms with van der Waals surface area (Å²) in [7, 11) is 2.73. The summed E-state index contributed by atoms with van der Waals surface area (Å²) in [5.74, 6) is -0.770. The van der Waals surface area contributed by atoms with Gasteiger partial charge in [-0.25, -0.2) is 9.59 Å². The van der Waals surface area contributed by atoms with E-state index in [-0.39, 0.29) is 24.0 Å². The first-order valence-electron chi connectivity index (χ1n) is 8.23. The minimum atomic E-state index is -0.385. The van der Waals surface area contributed by atoms with Crippen LogP contribution < -0.4 is 9.13 Å². The lowest BCUT2D eigenvalue weighted by molar-refractivity contribution is -0.716. The number of rotatable bonds is 2. The molecule has 6 nitrogen and oxygen atoms in total. The molecule has 0 N–H and O–H groups in total. The maximum absolute atomic E-state index is 12.0. The van der Waals surface area contributed by atoms with Gasteiger partial charge in [0.25, 0.3) is 11.4 Å². The third-order valence-electron chi connectivity index (χ3n) is 4.71. The van der Waals surface area contributed by atoms with E-state index in [4.69, 9.17) is 9.47 Å². The van der Waals surface area contributed by atoms with Crippen molar-refractivity contribution < 1.29 is 28.2 Å². The molecule has 1 aliphatic rings. The molecule has 25 heavy (non-hydrogen) atoms. The molecule has 0 bridgehead atoms. The molecule has 0 aliphatic carbocycles. The van der Waals surface area contributed by atoms with Gasteiger partial charge in [-0.15, -0.1) is 0 Å². The third-order valence-corrected chi connectivity index (χ3v) is 4.71. The standard InChI is InChI=1S/C19H22N2O4/c1-12-9-13(2)21-8-6-15(19(23)25-4)11-17(21)16-10-14(18(22)24-3)5-7-20(12)16/h5-8,10-13H,9H2,1-4H3/q+2. The Bertz CT molecular complexity index is 778. The highest BCUT2D eigenvalue weighted by atomic mass is 16.5. The molecule has 2 atom stereocenters. The first kappa shape index (κ1) is 17.1. The molecule has 0 amide bonds. The van der Waals surface area contributed by atoms with E-state index in [1.54, 1.807) is 12.1 Å². The summed E-state index contributed by atoms with van der Waals surface area (Å²) in [6.07, 6.45) is 4.74. The lowest BCUT2D eigenvalue weighted by Crippen LogP contribution is -2.40. The molecule has 0 spiro atoms. The Kier molecular flexibility index (Phi) is 4.53. The minimum Gasteiger partial charge on any atom is -0.465 e. The summed E-state index contributed by atoms with van der Waals surface area (Å²) in [5, 5.41) is 0. The average molecular weight is 342 g/mol. The van der Waals surface area contributed by atoms with Gasteiger partial charge in [-0.1, -0.05) is 0 Å². The van der Waals surface area contributed by atoms with Crippen LogP contribution in [-0.2, 0) is 9.47 Å². The summed E-state index contributed by atoms with van der Waals surface area (Å²) in [5.41, 5.74) is 2.69. The van der Waals surface area contributed by atoms with E-state index in [0.717, 1.165) is 17.8 Å². The summed E-state index contributed by atoms with van der Waals surface area (Å²) in [6.45, 7) is 4.29. The van der Waals surface area contributed by atoms with E-state index in [1.807, 2.05) is 24.5 Å². The van der Waals surface area contributed by atoms with Crippen LogP contribution in [0, 0.1) is 0 Å². The lowest BCUT2D eigenvalue weighted by Gasteiger charge is -2.07. The number of esters is 2. The van der Waals surface area contributed by atoms with Gasteiger partial charge in [0, 0.05) is 24.3 Å². The number of pyridine rings is 2. The van der Waals surface area contributed by atoms with E-state index in [0.29, 0.717) is 11.1 Å². The van der Waals surface area contributed by atoms with Gasteiger partial charge in [-0.05, 0) is 13.8 Å². The van der Waals surface area contributed by atoms with Crippen LogP contribution in [0.1, 0.15) is 53.1 Å². The molecule has 2 unspecified atom stereocenters. The van der Waals surface area contributed by atoms with Crippen molar-refractivity contribution in [3.05, 3.63) is 47.8 Å². The van der Waals surface area contributed by atoms with Crippen molar-refractivity contribution in [2.24, 2.45) is 0 Å². The summed E-state index contributed by atoms with van der Waals surface area (Å²) in [6, 6.07) is 7.64. The second-order valence-corrected chi connectivity index (χ2v) is 6.33. The molecule has 0 fully saturated rings. The normalized spacial score (nSPS) is 18.6. The van der Waals surface area contributed by atoms with Crippen LogP contribution in [0.15, 0.2) is 36.7 Å². The molecule has 0 aromatic carbocycles. The maximum atomic E-state index is 12.0. The van der Waals surface area contributed by atoms with Crippen LogP contribution in [0.3, 0.4) is 0 Å². The van der Waals surface area contributed by atoms with E-state index in [1.165, 1.54) is 14.2 Å². The molecule has 0 saturated heterocycles. The van der Waals surface area contributed by atoms with E-state index in [2.05, 4.69) is 23.0 Å². The van der Waals surface area contributed by atoms with Crippen LogP contribution in [0.5, 0.6) is 0 Å². The second kappa shape index (κ2) is 6.63. The fourth-order valence-electron chi connectivity index (χ4n) is 3.41. The largest absolute Gasteiger partial charge is 0.465 e. The zero-order valence-corrected chi connectivity index (χ0v) is 14.9. The monoisotopic (exact) mass is 342 g/mol. The molecule has 1 aliphatic heterocycles. The van der Waals surface area contributed by atoms with Crippen molar-refractivity contribution in [3.8, 4) is 11.4 Å². The highest BCUT2D eigenvalue weighted by Crippen LogP contribution is 2.25. The number of aromatic nitrogens is 2. The summed E-state index contributed by atoms with van der Waals surface area (Å²) >= 11 is 0. The van der Waals surface area contributed by atoms with E-state index >= 15 is 0 Å². The highest BCUT2D eigenvalue weighted by Gasteiger charge is 2.36. The Hall–Kier alpha value is -2.76. The predicted molar refractivity (Wildman–Crippen MR) is 89.0 cm³/mol. The second-order valence-electron chi connectivity index (χ2n) is 6.33. The van der Waals surface area contributed by atoms with Gasteiger partial charge in [0.15, 0.2) is 24.5 Å². The highest BCUT2D eigenvalue weighted by molar-refractivity contribution is 5.91. The van der Waals surface area contributed by atoms with Crippen molar-refractivity contribution in [1.29, 1.82) is 0 Å². The van der Waals surface area contributed by atoms with Gasteiger partial charge in [0.05, 0.1) is 31.8 Å². The smallest absolute Gasteiger partial charge is 0.338 e. The summed E-state index contributed by atoms with van der Waals surface area (Å²) < 4.78 is 13.9. The third kappa shape index (κ3) is 2.99. The maximum Gasteiger partial charge on any atom is 0.338 e. The molecule has 3 heterocycles. The number of methoxy groups -OCH3 is 2. The fraction of sp³-hybridized carbons (Fsp3) is 0.368. The van der Waals surface area contributed by atoms with Gasteiger partial charge in [-0.2, -0.15) is 9.13 Å². The first-order valence-corrected chi connectivity index (χ1v) is 8.23. The average Bonchev–Trinajstić information content (AvgIpc) is 2.74. The van der Waals surface area contributed by atoms with Crippen molar-refractivity contribution in [2.45, 2.75) is 32.4 Å². The zero-order chi connectivity index (χ0) is 18.1. The number of carbonyl (C=O) groups is 2. The SMILES string of the molecule is COC(=O)c1cc[n+]2c(c1)-c1cc(C(=O)OC)cc[n+]1C(C)CC2C. The Morgan fingerprint density at radius 3 is 1.64 bits per heavy atom. The van der Waals surface area contributed by atoms with Gasteiger partial charge < -0.3 is 9.47 Å². The number of fused-ring (bicyclic) bond motifs is 3. The Morgan fingerprint density at radius 1 is 0.880 bits per heavy atom. The minimum absolute atomic E-state index is 0.248. The van der Waals surface area contributed by atoms with Gasteiger partial charge in [0.1, 0.15) is 0 Å². The molecule has 0 radical (unpaired) electrons. The number of carbonyl (C=O) groups excluding carboxylic acids is 2. The van der Waals surface area contributed by atoms with Gasteiger partial charge in [0.2, 0.25) is 0 Å². The number of ether oxygens (including phenoxy) is 2. The lowest BCUT2D eigenvalue weighted by atomic mass is 10.1. The number of hydrogen-bond donors (Lipinski definition) is 0. The summed E-state index contributed by atoms with van der Waals surface area (Å²) in [4.78, 5) is 23.9. The van der Waals surface area contributed by atoms with Gasteiger partial charge >= 0.3 is 11.9 Å². The Balaban J connectivity index is 2.26. The first-order chi connectivity index (χ1) is 12.0. The number of nitrogens with zero attached hydrogens (tertiary/aromatic N) is 2. The Morgan fingerprint density at radius 2 is 1.28 bits per heavy atom. The quantitative estimate of drug-likeness (QED) is 0.619. The molecule has 2 aromatic rings. The molecule has 2 aromatic heterocycles. The molecule has 6 heteroatoms. The van der Waals surface area contributed by atoms with Crippen LogP contribution in [0.2, 0.25) is 0 Å². The molecular formula is C19H22N2O4+2. The number of hydrogen-bond acceptors (Lipinski definition) is 4. The van der Waals surface area contributed by atoms with E-state index < -0.39 is 0 Å². The Labute approximate surface area is 146 Å². The fourth-order valence-corrected chi connectivity index (χ4v) is 3.41. The molecule has 130 valence electrons. The zero-order valence-electron chi connectivity index (χ0n) is 14.9. The van der Waals surface area contributed by atoms with Crippen molar-refractivity contribution in [2.75, 3.05) is 14.2 Å². The van der Waals surface area contributed by atoms with Gasteiger partial charge in [-0.3, -0.25) is 0 Å². The van der Waals surface area contributed by atoms with Crippen LogP contribution in [0.4, 0.5) is 0 Å². The predicted octanol–water partition coefficient (Wildman–Crippen LogP) is 2.03. The van der Waals surface area contributed by atoms with Crippen LogP contribution >= 0.6 is 0 Å². The van der Waals surface area contributed by atoms with Crippen LogP contribution in [0.25, 0.3) is 11.4 Å². The van der Waals surface area contributed by atoms with Crippen molar-refractivity contribution >= 4 is 11.9 Å². The van der Waals surface area contributed by atoms with Crippen molar-refractivity contribution in [1.82, 2.24) is 0 Å². The molecule has 0 saturated carbocycles. The molecular weight excluding hydrogens is 320 g/mol. The molecule has 3 rings (SSSR count).